The maximum absolute atomic E-state index is 12.7. The third-order valence-corrected chi connectivity index (χ3v) is 6.67. The van der Waals surface area contributed by atoms with Gasteiger partial charge in [0.1, 0.15) is 0 Å². The minimum atomic E-state index is -0.756. The molecule has 1 saturated heterocycles. The second-order valence-electron chi connectivity index (χ2n) is 8.29. The Morgan fingerprint density at radius 2 is 2.00 bits per heavy atom. The van der Waals surface area contributed by atoms with Crippen molar-refractivity contribution in [3.05, 3.63) is 11.8 Å². The summed E-state index contributed by atoms with van der Waals surface area (Å²) in [5, 5.41) is 17.2. The first-order chi connectivity index (χ1) is 12.5. The van der Waals surface area contributed by atoms with Crippen molar-refractivity contribution in [1.82, 2.24) is 14.7 Å². The van der Waals surface area contributed by atoms with E-state index in [0.717, 1.165) is 31.2 Å². The number of hydrogen-bond donors (Lipinski definition) is 2. The van der Waals surface area contributed by atoms with Crippen molar-refractivity contribution < 1.29 is 14.7 Å². The third-order valence-electron chi connectivity index (χ3n) is 6.67. The molecule has 3 aliphatic rings. The summed E-state index contributed by atoms with van der Waals surface area (Å²) < 4.78 is 2.00. The van der Waals surface area contributed by atoms with E-state index in [1.807, 2.05) is 17.8 Å². The predicted octanol–water partition coefficient (Wildman–Crippen LogP) is 3.42. The Balaban J connectivity index is 1.44. The zero-order chi connectivity index (χ0) is 18.3. The van der Waals surface area contributed by atoms with Crippen LogP contribution < -0.4 is 5.32 Å². The van der Waals surface area contributed by atoms with Crippen LogP contribution in [0.3, 0.4) is 0 Å². The van der Waals surface area contributed by atoms with Crippen LogP contribution >= 0.6 is 0 Å². The van der Waals surface area contributed by atoms with Crippen LogP contribution in [0.2, 0.25) is 0 Å². The van der Waals surface area contributed by atoms with Gasteiger partial charge in [-0.3, -0.25) is 14.8 Å². The summed E-state index contributed by atoms with van der Waals surface area (Å²) in [4.78, 5) is 26.2. The Morgan fingerprint density at radius 1 is 1.23 bits per heavy atom. The molecule has 4 rings (SSSR count). The largest absolute Gasteiger partial charge is 0.481 e. The normalized spacial score (nSPS) is 29.0. The molecule has 2 amide bonds. The van der Waals surface area contributed by atoms with Crippen molar-refractivity contribution in [3.8, 4) is 0 Å². The first-order valence-corrected chi connectivity index (χ1v) is 9.85. The molecule has 1 aromatic rings. The van der Waals surface area contributed by atoms with E-state index in [1.165, 1.54) is 19.3 Å². The molecule has 1 aliphatic heterocycles. The van der Waals surface area contributed by atoms with Crippen molar-refractivity contribution in [3.63, 3.8) is 0 Å². The number of likely N-dealkylation sites (tertiary alicyclic amines) is 1. The number of fused-ring (bicyclic) bond motifs is 1. The zero-order valence-corrected chi connectivity index (χ0v) is 15.4. The smallest absolute Gasteiger partial charge is 0.323 e. The molecule has 26 heavy (non-hydrogen) atoms. The van der Waals surface area contributed by atoms with E-state index in [4.69, 9.17) is 0 Å². The van der Waals surface area contributed by atoms with Crippen LogP contribution in [0.4, 0.5) is 10.6 Å². The van der Waals surface area contributed by atoms with Gasteiger partial charge in [-0.25, -0.2) is 4.79 Å². The lowest BCUT2D eigenvalue weighted by atomic mass is 9.81. The van der Waals surface area contributed by atoms with Gasteiger partial charge in [0.15, 0.2) is 5.82 Å². The van der Waals surface area contributed by atoms with Crippen molar-refractivity contribution in [2.24, 2.45) is 11.3 Å². The van der Waals surface area contributed by atoms with Gasteiger partial charge in [0.05, 0.1) is 11.5 Å². The fourth-order valence-corrected chi connectivity index (χ4v) is 5.11. The molecule has 2 saturated carbocycles. The van der Waals surface area contributed by atoms with E-state index in [0.29, 0.717) is 31.4 Å². The number of carboxylic acids is 1. The summed E-state index contributed by atoms with van der Waals surface area (Å²) in [7, 11) is 0. The molecular formula is C19H28N4O3. The molecule has 2 N–H and O–H groups in total. The van der Waals surface area contributed by atoms with Gasteiger partial charge >= 0.3 is 12.0 Å². The Morgan fingerprint density at radius 3 is 2.69 bits per heavy atom. The molecule has 2 aliphatic carbocycles. The minimum absolute atomic E-state index is 0.0756. The standard InChI is InChI=1S/C19H28N4O3/c1-13-10-23(15-7-3-2-4-8-15)21-16(13)20-18(26)22-11-14-6-5-9-19(14,12-22)17(24)25/h10,14-15H,2-9,11-12H2,1H3,(H,24,25)(H,20,21,26)/t14-,19+/m0/s1. The fraction of sp³-hybridized carbons (Fsp3) is 0.737. The molecule has 3 fully saturated rings. The lowest BCUT2D eigenvalue weighted by molar-refractivity contribution is -0.149. The summed E-state index contributed by atoms with van der Waals surface area (Å²) in [6.07, 6.45) is 10.6. The fourth-order valence-electron chi connectivity index (χ4n) is 5.11. The number of nitrogens with zero attached hydrogens (tertiary/aromatic N) is 3. The topological polar surface area (TPSA) is 87.5 Å². The van der Waals surface area contributed by atoms with Crippen LogP contribution in [-0.2, 0) is 4.79 Å². The SMILES string of the molecule is Cc1cn(C2CCCCC2)nc1NC(=O)N1C[C@@H]2CCC[C@@]2(C(=O)O)C1. The van der Waals surface area contributed by atoms with Crippen molar-refractivity contribution >= 4 is 17.8 Å². The number of aliphatic carboxylic acids is 1. The predicted molar refractivity (Wildman–Crippen MR) is 97.1 cm³/mol. The maximum Gasteiger partial charge on any atom is 0.323 e. The molecule has 2 atom stereocenters. The summed E-state index contributed by atoms with van der Waals surface area (Å²) in [5.74, 6) is -0.0818. The number of amides is 2. The van der Waals surface area contributed by atoms with Gasteiger partial charge in [0.25, 0.3) is 0 Å². The average molecular weight is 360 g/mol. The second-order valence-corrected chi connectivity index (χ2v) is 8.29. The minimum Gasteiger partial charge on any atom is -0.481 e. The molecule has 2 heterocycles. The second kappa shape index (κ2) is 6.59. The van der Waals surface area contributed by atoms with Crippen LogP contribution in [0.15, 0.2) is 6.20 Å². The molecule has 1 aromatic heterocycles. The van der Waals surface area contributed by atoms with Crippen molar-refractivity contribution in [2.45, 2.75) is 64.3 Å². The van der Waals surface area contributed by atoms with Crippen LogP contribution in [0.5, 0.6) is 0 Å². The lowest BCUT2D eigenvalue weighted by Gasteiger charge is -2.23. The molecule has 0 unspecified atom stereocenters. The van der Waals surface area contributed by atoms with E-state index in [9.17, 15) is 14.7 Å². The van der Waals surface area contributed by atoms with E-state index in [1.54, 1.807) is 4.90 Å². The van der Waals surface area contributed by atoms with Crippen LogP contribution in [-0.4, -0.2) is 44.9 Å². The highest BCUT2D eigenvalue weighted by atomic mass is 16.4. The zero-order valence-electron chi connectivity index (χ0n) is 15.4. The highest BCUT2D eigenvalue weighted by Crippen LogP contribution is 2.49. The van der Waals surface area contributed by atoms with Crippen LogP contribution in [0.1, 0.15) is 63.0 Å². The molecule has 7 heteroatoms. The average Bonchev–Trinajstić information content (AvgIpc) is 3.29. The van der Waals surface area contributed by atoms with Gasteiger partial charge in [0, 0.05) is 24.8 Å². The molecule has 0 radical (unpaired) electrons. The number of urea groups is 1. The number of rotatable bonds is 3. The number of aryl methyl sites for hydroxylation is 1. The quantitative estimate of drug-likeness (QED) is 0.865. The van der Waals surface area contributed by atoms with E-state index in [2.05, 4.69) is 10.4 Å². The molecular weight excluding hydrogens is 332 g/mol. The number of carboxylic acid groups (broad SMARTS) is 1. The molecule has 0 spiro atoms. The Kier molecular flexibility index (Phi) is 4.40. The first-order valence-electron chi connectivity index (χ1n) is 9.85. The van der Waals surface area contributed by atoms with E-state index < -0.39 is 11.4 Å². The summed E-state index contributed by atoms with van der Waals surface area (Å²) >= 11 is 0. The summed E-state index contributed by atoms with van der Waals surface area (Å²) in [6.45, 7) is 2.79. The number of anilines is 1. The highest BCUT2D eigenvalue weighted by molar-refractivity contribution is 5.90. The third kappa shape index (κ3) is 2.87. The highest BCUT2D eigenvalue weighted by Gasteiger charge is 2.55. The van der Waals surface area contributed by atoms with Gasteiger partial charge in [-0.05, 0) is 38.5 Å². The molecule has 0 aromatic carbocycles. The van der Waals surface area contributed by atoms with E-state index >= 15 is 0 Å². The van der Waals surface area contributed by atoms with Gasteiger partial charge in [0.2, 0.25) is 0 Å². The van der Waals surface area contributed by atoms with E-state index in [-0.39, 0.29) is 11.9 Å². The maximum atomic E-state index is 12.7. The number of carbonyl (C=O) groups excluding carboxylic acids is 1. The van der Waals surface area contributed by atoms with Crippen LogP contribution in [0, 0.1) is 18.3 Å². The Labute approximate surface area is 153 Å². The van der Waals surface area contributed by atoms with Crippen LogP contribution in [0.25, 0.3) is 0 Å². The first kappa shape index (κ1) is 17.4. The molecule has 0 bridgehead atoms. The van der Waals surface area contributed by atoms with Gasteiger partial charge in [-0.1, -0.05) is 25.7 Å². The van der Waals surface area contributed by atoms with Crippen molar-refractivity contribution in [1.29, 1.82) is 0 Å². The van der Waals surface area contributed by atoms with Gasteiger partial charge < -0.3 is 10.0 Å². The summed E-state index contributed by atoms with van der Waals surface area (Å²) in [5.41, 5.74) is 0.213. The molecule has 7 nitrogen and oxygen atoms in total. The monoisotopic (exact) mass is 360 g/mol. The van der Waals surface area contributed by atoms with Crippen molar-refractivity contribution in [2.75, 3.05) is 18.4 Å². The molecule has 142 valence electrons. The van der Waals surface area contributed by atoms with Gasteiger partial charge in [-0.15, -0.1) is 0 Å². The summed E-state index contributed by atoms with van der Waals surface area (Å²) in [6, 6.07) is 0.201. The number of aromatic nitrogens is 2. The Hall–Kier alpha value is -2.05. The lowest BCUT2D eigenvalue weighted by Crippen LogP contribution is -2.38. The Bertz CT molecular complexity index is 710. The number of nitrogens with one attached hydrogen (secondary N) is 1. The number of hydrogen-bond acceptors (Lipinski definition) is 3. The number of carbonyl (C=O) groups is 2. The van der Waals surface area contributed by atoms with Gasteiger partial charge in [-0.2, -0.15) is 5.10 Å².